The van der Waals surface area contributed by atoms with Gasteiger partial charge in [-0.05, 0) is 32.2 Å². The molecule has 170 valence electrons. The normalized spacial score (nSPS) is 20.8. The van der Waals surface area contributed by atoms with Gasteiger partial charge in [0.15, 0.2) is 5.17 Å². The SMILES string of the molecule is CC1=C(C(=O)OC(C)C)C(c2ccccc2F)N2C(CC(=O)N3CCOCC3)=CSC2=N1. The smallest absolute Gasteiger partial charge is 0.338 e. The van der Waals surface area contributed by atoms with Crippen LogP contribution in [0.15, 0.2) is 51.6 Å². The monoisotopic (exact) mass is 459 g/mol. The van der Waals surface area contributed by atoms with Crippen LogP contribution >= 0.6 is 11.8 Å². The molecule has 0 spiro atoms. The number of benzene rings is 1. The van der Waals surface area contributed by atoms with Gasteiger partial charge in [-0.15, -0.1) is 0 Å². The molecule has 0 aliphatic carbocycles. The topological polar surface area (TPSA) is 71.4 Å². The Morgan fingerprint density at radius 1 is 1.28 bits per heavy atom. The molecule has 0 radical (unpaired) electrons. The number of halogens is 1. The highest BCUT2D eigenvalue weighted by atomic mass is 32.2. The molecule has 0 aromatic heterocycles. The van der Waals surface area contributed by atoms with Gasteiger partial charge in [-0.2, -0.15) is 0 Å². The zero-order valence-electron chi connectivity index (χ0n) is 18.3. The number of amidine groups is 1. The van der Waals surface area contributed by atoms with E-state index in [4.69, 9.17) is 9.47 Å². The van der Waals surface area contributed by atoms with Crippen molar-refractivity contribution in [3.63, 3.8) is 0 Å². The van der Waals surface area contributed by atoms with Crippen LogP contribution in [0.25, 0.3) is 0 Å². The Bertz CT molecular complexity index is 1010. The van der Waals surface area contributed by atoms with E-state index in [1.165, 1.54) is 17.8 Å². The summed E-state index contributed by atoms with van der Waals surface area (Å²) in [6, 6.07) is 5.59. The third-order valence-electron chi connectivity index (χ3n) is 5.46. The van der Waals surface area contributed by atoms with Crippen molar-refractivity contribution in [3.05, 3.63) is 58.0 Å². The van der Waals surface area contributed by atoms with E-state index >= 15 is 0 Å². The zero-order valence-corrected chi connectivity index (χ0v) is 19.2. The summed E-state index contributed by atoms with van der Waals surface area (Å²) in [4.78, 5) is 34.2. The van der Waals surface area contributed by atoms with E-state index < -0.39 is 17.8 Å². The van der Waals surface area contributed by atoms with E-state index in [1.807, 2.05) is 5.41 Å². The average molecular weight is 460 g/mol. The summed E-state index contributed by atoms with van der Waals surface area (Å²) < 4.78 is 25.8. The van der Waals surface area contributed by atoms with Gasteiger partial charge < -0.3 is 19.3 Å². The minimum atomic E-state index is -0.770. The lowest BCUT2D eigenvalue weighted by molar-refractivity contribution is -0.143. The van der Waals surface area contributed by atoms with Crippen LogP contribution in [-0.4, -0.2) is 59.3 Å². The lowest BCUT2D eigenvalue weighted by atomic mass is 9.93. The molecule has 0 N–H and O–H groups in total. The molecule has 3 heterocycles. The highest BCUT2D eigenvalue weighted by molar-refractivity contribution is 8.16. The minimum Gasteiger partial charge on any atom is -0.459 e. The number of carbonyl (C=O) groups excluding carboxylic acids is 2. The van der Waals surface area contributed by atoms with Crippen molar-refractivity contribution in [2.75, 3.05) is 26.3 Å². The first kappa shape index (κ1) is 22.5. The van der Waals surface area contributed by atoms with Crippen molar-refractivity contribution in [1.82, 2.24) is 9.80 Å². The van der Waals surface area contributed by atoms with Crippen molar-refractivity contribution in [2.45, 2.75) is 39.3 Å². The van der Waals surface area contributed by atoms with Crippen LogP contribution in [0, 0.1) is 5.82 Å². The second-order valence-electron chi connectivity index (χ2n) is 8.04. The first-order chi connectivity index (χ1) is 15.4. The summed E-state index contributed by atoms with van der Waals surface area (Å²) in [6.45, 7) is 7.38. The summed E-state index contributed by atoms with van der Waals surface area (Å²) in [5, 5.41) is 2.47. The Hall–Kier alpha value is -2.65. The fourth-order valence-electron chi connectivity index (χ4n) is 3.98. The Labute approximate surface area is 190 Å². The molecule has 32 heavy (non-hydrogen) atoms. The predicted molar refractivity (Wildman–Crippen MR) is 120 cm³/mol. The molecule has 3 aliphatic rings. The van der Waals surface area contributed by atoms with Gasteiger partial charge in [0, 0.05) is 24.4 Å². The van der Waals surface area contributed by atoms with E-state index in [2.05, 4.69) is 4.99 Å². The van der Waals surface area contributed by atoms with Crippen molar-refractivity contribution < 1.29 is 23.5 Å². The largest absolute Gasteiger partial charge is 0.459 e. The molecule has 1 amide bonds. The second kappa shape index (κ2) is 9.46. The maximum absolute atomic E-state index is 15.0. The van der Waals surface area contributed by atoms with Gasteiger partial charge in [0.1, 0.15) is 5.82 Å². The zero-order chi connectivity index (χ0) is 22.8. The number of aliphatic imine (C=N–C) groups is 1. The van der Waals surface area contributed by atoms with Gasteiger partial charge in [-0.3, -0.25) is 4.79 Å². The number of morpholine rings is 1. The number of fused-ring (bicyclic) bond motifs is 1. The Morgan fingerprint density at radius 3 is 2.69 bits per heavy atom. The molecule has 1 aromatic rings. The Kier molecular flexibility index (Phi) is 6.66. The molecule has 1 atom stereocenters. The highest BCUT2D eigenvalue weighted by Gasteiger charge is 2.42. The quantitative estimate of drug-likeness (QED) is 0.627. The van der Waals surface area contributed by atoms with E-state index in [0.717, 1.165) is 0 Å². The fourth-order valence-corrected chi connectivity index (χ4v) is 4.94. The molecule has 9 heteroatoms. The lowest BCUT2D eigenvalue weighted by Gasteiger charge is -2.37. The maximum Gasteiger partial charge on any atom is 0.338 e. The molecule has 0 saturated carbocycles. The minimum absolute atomic E-state index is 0.0359. The van der Waals surface area contributed by atoms with Crippen LogP contribution in [0.4, 0.5) is 4.39 Å². The van der Waals surface area contributed by atoms with E-state index in [9.17, 15) is 14.0 Å². The third kappa shape index (κ3) is 4.45. The molecule has 0 bridgehead atoms. The molecule has 1 unspecified atom stereocenters. The lowest BCUT2D eigenvalue weighted by Crippen LogP contribution is -2.42. The van der Waals surface area contributed by atoms with Crippen LogP contribution in [0.2, 0.25) is 0 Å². The van der Waals surface area contributed by atoms with E-state index in [0.29, 0.717) is 48.4 Å². The first-order valence-corrected chi connectivity index (χ1v) is 11.5. The number of amides is 1. The van der Waals surface area contributed by atoms with Crippen molar-refractivity contribution in [3.8, 4) is 0 Å². The Morgan fingerprint density at radius 2 is 2.00 bits per heavy atom. The van der Waals surface area contributed by atoms with Gasteiger partial charge in [0.2, 0.25) is 5.91 Å². The van der Waals surface area contributed by atoms with Gasteiger partial charge in [-0.1, -0.05) is 30.0 Å². The molecule has 3 aliphatic heterocycles. The second-order valence-corrected chi connectivity index (χ2v) is 8.88. The van der Waals surface area contributed by atoms with Crippen molar-refractivity contribution in [1.29, 1.82) is 0 Å². The third-order valence-corrected chi connectivity index (χ3v) is 6.35. The van der Waals surface area contributed by atoms with E-state index in [-0.39, 0.29) is 24.0 Å². The number of allylic oxidation sites excluding steroid dienone is 1. The Balaban J connectivity index is 1.71. The van der Waals surface area contributed by atoms with Gasteiger partial charge in [-0.25, -0.2) is 14.2 Å². The van der Waals surface area contributed by atoms with Gasteiger partial charge in [0.25, 0.3) is 0 Å². The molecule has 4 rings (SSSR count). The number of hydrogen-bond donors (Lipinski definition) is 0. The molecule has 1 aromatic carbocycles. The number of carbonyl (C=O) groups is 2. The summed E-state index contributed by atoms with van der Waals surface area (Å²) in [5.41, 5.74) is 1.78. The molecule has 7 nitrogen and oxygen atoms in total. The number of ether oxygens (including phenoxy) is 2. The van der Waals surface area contributed by atoms with Crippen LogP contribution in [0.5, 0.6) is 0 Å². The number of thioether (sulfide) groups is 1. The highest BCUT2D eigenvalue weighted by Crippen LogP contribution is 2.45. The molecular formula is C23H26FN3O4S. The molecule has 1 saturated heterocycles. The van der Waals surface area contributed by atoms with Gasteiger partial charge in [0.05, 0.1) is 43.1 Å². The predicted octanol–water partition coefficient (Wildman–Crippen LogP) is 3.60. The summed E-state index contributed by atoms with van der Waals surface area (Å²) in [5.74, 6) is -1.01. The summed E-state index contributed by atoms with van der Waals surface area (Å²) in [6.07, 6.45) is -0.206. The number of rotatable bonds is 5. The van der Waals surface area contributed by atoms with Crippen LogP contribution in [-0.2, 0) is 19.1 Å². The summed E-state index contributed by atoms with van der Waals surface area (Å²) in [7, 11) is 0. The standard InChI is InChI=1S/C23H26FN3O4S/c1-14(2)31-22(29)20-15(3)25-23-27(21(20)17-6-4-5-7-18(17)24)16(13-32-23)12-19(28)26-8-10-30-11-9-26/h4-7,13-14,21H,8-12H2,1-3H3. The molecule has 1 fully saturated rings. The van der Waals surface area contributed by atoms with Crippen LogP contribution in [0.1, 0.15) is 38.8 Å². The van der Waals surface area contributed by atoms with Crippen molar-refractivity contribution in [2.24, 2.45) is 4.99 Å². The first-order valence-electron chi connectivity index (χ1n) is 10.6. The maximum atomic E-state index is 15.0. The van der Waals surface area contributed by atoms with Crippen LogP contribution < -0.4 is 0 Å². The number of esters is 1. The average Bonchev–Trinajstić information content (AvgIpc) is 3.15. The fraction of sp³-hybridized carbons (Fsp3) is 0.435. The molecular weight excluding hydrogens is 433 g/mol. The number of nitrogens with zero attached hydrogens (tertiary/aromatic N) is 3. The van der Waals surface area contributed by atoms with Crippen LogP contribution in [0.3, 0.4) is 0 Å². The van der Waals surface area contributed by atoms with Crippen molar-refractivity contribution >= 4 is 28.8 Å². The number of hydrogen-bond acceptors (Lipinski definition) is 7. The summed E-state index contributed by atoms with van der Waals surface area (Å²) >= 11 is 1.37. The van der Waals surface area contributed by atoms with Gasteiger partial charge >= 0.3 is 5.97 Å². The van der Waals surface area contributed by atoms with E-state index in [1.54, 1.807) is 48.8 Å².